The van der Waals surface area contributed by atoms with E-state index in [-0.39, 0.29) is 5.91 Å². The van der Waals surface area contributed by atoms with Crippen LogP contribution >= 0.6 is 23.1 Å². The van der Waals surface area contributed by atoms with E-state index in [1.165, 1.54) is 28.7 Å². The zero-order valence-corrected chi connectivity index (χ0v) is 19.4. The van der Waals surface area contributed by atoms with E-state index < -0.39 is 0 Å². The lowest BCUT2D eigenvalue weighted by Gasteiger charge is -2.11. The second-order valence-corrected chi connectivity index (χ2v) is 9.33. The second-order valence-electron chi connectivity index (χ2n) is 7.16. The minimum atomic E-state index is -0.102. The molecule has 32 heavy (non-hydrogen) atoms. The van der Waals surface area contributed by atoms with Gasteiger partial charge in [0, 0.05) is 6.54 Å². The number of hydrogen-bond donors (Lipinski definition) is 0. The molecule has 4 rings (SSSR count). The van der Waals surface area contributed by atoms with Gasteiger partial charge in [0.25, 0.3) is 5.91 Å². The fraction of sp³-hybridized carbons (Fsp3) is 0.167. The van der Waals surface area contributed by atoms with Crippen LogP contribution in [-0.2, 0) is 11.4 Å². The van der Waals surface area contributed by atoms with Gasteiger partial charge in [0.2, 0.25) is 5.13 Å². The summed E-state index contributed by atoms with van der Waals surface area (Å²) in [6, 6.07) is 16.0. The van der Waals surface area contributed by atoms with E-state index >= 15 is 0 Å². The minimum Gasteiger partial charge on any atom is -0.489 e. The Balaban J connectivity index is 1.47. The smallest absolute Gasteiger partial charge is 0.267 e. The first-order chi connectivity index (χ1) is 15.5. The van der Waals surface area contributed by atoms with Crippen molar-refractivity contribution in [3.8, 4) is 5.75 Å². The number of ether oxygens (including phenoxy) is 1. The predicted octanol–water partition coefficient (Wildman–Crippen LogP) is 5.52. The molecular weight excluding hydrogens is 440 g/mol. The predicted molar refractivity (Wildman–Crippen MR) is 131 cm³/mol. The van der Waals surface area contributed by atoms with Crippen LogP contribution in [0.4, 0.5) is 5.13 Å². The molecule has 162 valence electrons. The fourth-order valence-corrected chi connectivity index (χ4v) is 4.56. The van der Waals surface area contributed by atoms with Crippen molar-refractivity contribution in [2.24, 2.45) is 4.99 Å². The third-order valence-corrected chi connectivity index (χ3v) is 6.35. The number of benzene rings is 2. The van der Waals surface area contributed by atoms with E-state index in [2.05, 4.69) is 53.0 Å². The minimum absolute atomic E-state index is 0.102. The molecule has 8 heteroatoms. The van der Waals surface area contributed by atoms with E-state index in [0.717, 1.165) is 21.9 Å². The van der Waals surface area contributed by atoms with E-state index in [1.807, 2.05) is 37.3 Å². The monoisotopic (exact) mass is 462 g/mol. The molecule has 0 aliphatic carbocycles. The summed E-state index contributed by atoms with van der Waals surface area (Å²) in [4.78, 5) is 19.6. The maximum absolute atomic E-state index is 12.9. The van der Waals surface area contributed by atoms with Gasteiger partial charge in [0.05, 0.1) is 4.91 Å². The van der Waals surface area contributed by atoms with E-state index in [9.17, 15) is 4.79 Å². The summed E-state index contributed by atoms with van der Waals surface area (Å²) in [5.74, 6) is 0.676. The highest BCUT2D eigenvalue weighted by atomic mass is 32.2. The number of carbonyl (C=O) groups excluding carboxylic acids is 1. The van der Waals surface area contributed by atoms with Gasteiger partial charge in [-0.1, -0.05) is 59.4 Å². The van der Waals surface area contributed by atoms with E-state index in [0.29, 0.717) is 28.4 Å². The number of amidine groups is 1. The third-order valence-electron chi connectivity index (χ3n) is 4.61. The standard InChI is InChI=1S/C24H22N4O2S2/c1-4-13-28-22(29)21(32-24(28)25-23-27-26-17(3)31-23)14-18-9-11-20(12-10-18)30-15-19-7-5-16(2)6-8-19/h4-12,14H,1,13,15H2,2-3H3/b21-14-,25-24+. The molecule has 1 saturated heterocycles. The van der Waals surface area contributed by atoms with Crippen LogP contribution < -0.4 is 4.74 Å². The maximum atomic E-state index is 12.9. The lowest BCUT2D eigenvalue weighted by molar-refractivity contribution is -0.121. The van der Waals surface area contributed by atoms with Crippen molar-refractivity contribution in [1.82, 2.24) is 15.1 Å². The zero-order chi connectivity index (χ0) is 22.5. The lowest BCUT2D eigenvalue weighted by Crippen LogP contribution is -2.29. The Morgan fingerprint density at radius 1 is 1.09 bits per heavy atom. The quantitative estimate of drug-likeness (QED) is 0.341. The van der Waals surface area contributed by atoms with Crippen LogP contribution in [0.25, 0.3) is 6.08 Å². The van der Waals surface area contributed by atoms with Gasteiger partial charge >= 0.3 is 0 Å². The molecule has 2 heterocycles. The Hall–Kier alpha value is -3.23. The van der Waals surface area contributed by atoms with Crippen LogP contribution in [0, 0.1) is 13.8 Å². The second kappa shape index (κ2) is 9.93. The highest BCUT2D eigenvalue weighted by Crippen LogP contribution is 2.34. The van der Waals surface area contributed by atoms with Crippen molar-refractivity contribution in [3.63, 3.8) is 0 Å². The lowest BCUT2D eigenvalue weighted by atomic mass is 10.1. The van der Waals surface area contributed by atoms with Gasteiger partial charge in [0.1, 0.15) is 17.4 Å². The van der Waals surface area contributed by atoms with Crippen LogP contribution in [0.2, 0.25) is 0 Å². The van der Waals surface area contributed by atoms with Crippen molar-refractivity contribution in [3.05, 3.63) is 87.8 Å². The van der Waals surface area contributed by atoms with E-state index in [1.54, 1.807) is 11.0 Å². The van der Waals surface area contributed by atoms with Crippen molar-refractivity contribution >= 4 is 45.4 Å². The number of hydrogen-bond acceptors (Lipinski definition) is 7. The highest BCUT2D eigenvalue weighted by molar-refractivity contribution is 8.18. The van der Waals surface area contributed by atoms with Gasteiger partial charge in [-0.05, 0) is 54.9 Å². The van der Waals surface area contributed by atoms with Crippen molar-refractivity contribution < 1.29 is 9.53 Å². The SMILES string of the molecule is C=CCN1C(=O)/C(=C/c2ccc(OCc3ccc(C)cc3)cc2)S/C1=N/c1nnc(C)s1. The van der Waals surface area contributed by atoms with Crippen molar-refractivity contribution in [2.75, 3.05) is 6.54 Å². The summed E-state index contributed by atoms with van der Waals surface area (Å²) in [7, 11) is 0. The number of carbonyl (C=O) groups is 1. The first-order valence-electron chi connectivity index (χ1n) is 10.0. The van der Waals surface area contributed by atoms with Gasteiger partial charge in [-0.15, -0.1) is 16.8 Å². The van der Waals surface area contributed by atoms with Gasteiger partial charge in [0.15, 0.2) is 5.17 Å². The number of aliphatic imine (C=N–C) groups is 1. The summed E-state index contributed by atoms with van der Waals surface area (Å²) in [5, 5.41) is 9.95. The Labute approximate surface area is 195 Å². The van der Waals surface area contributed by atoms with Crippen molar-refractivity contribution in [2.45, 2.75) is 20.5 Å². The van der Waals surface area contributed by atoms with Gasteiger partial charge in [-0.3, -0.25) is 9.69 Å². The molecule has 1 amide bonds. The molecule has 0 atom stereocenters. The molecule has 6 nitrogen and oxygen atoms in total. The number of aryl methyl sites for hydroxylation is 2. The van der Waals surface area contributed by atoms with Crippen LogP contribution in [0.5, 0.6) is 5.75 Å². The topological polar surface area (TPSA) is 67.7 Å². The summed E-state index contributed by atoms with van der Waals surface area (Å²) in [5.41, 5.74) is 3.26. The summed E-state index contributed by atoms with van der Waals surface area (Å²) >= 11 is 2.71. The molecule has 0 saturated carbocycles. The van der Waals surface area contributed by atoms with Crippen LogP contribution in [0.3, 0.4) is 0 Å². The van der Waals surface area contributed by atoms with Crippen LogP contribution in [0.15, 0.2) is 71.1 Å². The molecule has 0 unspecified atom stereocenters. The largest absolute Gasteiger partial charge is 0.489 e. The molecular formula is C24H22N4O2S2. The van der Waals surface area contributed by atoms with Crippen molar-refractivity contribution in [1.29, 1.82) is 0 Å². The summed E-state index contributed by atoms with van der Waals surface area (Å²) in [6.07, 6.45) is 3.54. The number of rotatable bonds is 7. The summed E-state index contributed by atoms with van der Waals surface area (Å²) in [6.45, 7) is 8.57. The van der Waals surface area contributed by atoms with Crippen LogP contribution in [-0.4, -0.2) is 32.7 Å². The first kappa shape index (κ1) is 22.0. The van der Waals surface area contributed by atoms with E-state index in [4.69, 9.17) is 4.74 Å². The molecule has 3 aromatic rings. The fourth-order valence-electron chi connectivity index (χ4n) is 2.96. The first-order valence-corrected chi connectivity index (χ1v) is 11.6. The molecule has 0 bridgehead atoms. The molecule has 0 radical (unpaired) electrons. The van der Waals surface area contributed by atoms with Gasteiger partial charge in [-0.25, -0.2) is 0 Å². The average Bonchev–Trinajstić information content (AvgIpc) is 3.32. The maximum Gasteiger partial charge on any atom is 0.267 e. The average molecular weight is 463 g/mol. The Morgan fingerprint density at radius 2 is 1.84 bits per heavy atom. The Bertz CT molecular complexity index is 1180. The summed E-state index contributed by atoms with van der Waals surface area (Å²) < 4.78 is 5.87. The Morgan fingerprint density at radius 3 is 2.50 bits per heavy atom. The molecule has 1 aliphatic rings. The third kappa shape index (κ3) is 5.33. The molecule has 0 N–H and O–H groups in total. The van der Waals surface area contributed by atoms with Crippen LogP contribution in [0.1, 0.15) is 21.7 Å². The highest BCUT2D eigenvalue weighted by Gasteiger charge is 2.32. The van der Waals surface area contributed by atoms with Gasteiger partial charge in [-0.2, -0.15) is 4.99 Å². The zero-order valence-electron chi connectivity index (χ0n) is 17.8. The molecule has 0 spiro atoms. The number of thioether (sulfide) groups is 1. The molecule has 1 fully saturated rings. The normalized spacial score (nSPS) is 16.2. The Kier molecular flexibility index (Phi) is 6.82. The molecule has 1 aliphatic heterocycles. The molecule has 1 aromatic heterocycles. The van der Waals surface area contributed by atoms with Gasteiger partial charge < -0.3 is 4.74 Å². The molecule has 2 aromatic carbocycles. The number of aromatic nitrogens is 2. The number of amides is 1. The number of nitrogens with zero attached hydrogens (tertiary/aromatic N) is 4.